The van der Waals surface area contributed by atoms with Crippen LogP contribution in [0, 0.1) is 0 Å². The standard InChI is InChI=1S/C12H13BrN4O/c1-17(8-9-5-3-4-6-14-9)12-15-7-10(13)11(16-12)18-2/h3-7H,8H2,1-2H3. The highest BCUT2D eigenvalue weighted by molar-refractivity contribution is 9.10. The van der Waals surface area contributed by atoms with Gasteiger partial charge in [-0.1, -0.05) is 6.07 Å². The van der Waals surface area contributed by atoms with E-state index in [2.05, 4.69) is 30.9 Å². The molecule has 0 atom stereocenters. The van der Waals surface area contributed by atoms with E-state index in [0.717, 1.165) is 10.2 Å². The molecule has 0 spiro atoms. The van der Waals surface area contributed by atoms with Gasteiger partial charge in [0.2, 0.25) is 11.8 Å². The van der Waals surface area contributed by atoms with E-state index in [1.807, 2.05) is 30.1 Å². The molecule has 18 heavy (non-hydrogen) atoms. The second kappa shape index (κ2) is 5.77. The van der Waals surface area contributed by atoms with Crippen LogP contribution in [-0.4, -0.2) is 29.1 Å². The Morgan fingerprint density at radius 2 is 2.17 bits per heavy atom. The van der Waals surface area contributed by atoms with Crippen LogP contribution in [0.2, 0.25) is 0 Å². The molecule has 2 heterocycles. The van der Waals surface area contributed by atoms with Crippen molar-refractivity contribution < 1.29 is 4.74 Å². The van der Waals surface area contributed by atoms with E-state index in [0.29, 0.717) is 18.4 Å². The first-order valence-electron chi connectivity index (χ1n) is 5.38. The zero-order chi connectivity index (χ0) is 13.0. The van der Waals surface area contributed by atoms with Crippen molar-refractivity contribution in [1.82, 2.24) is 15.0 Å². The average molecular weight is 309 g/mol. The normalized spacial score (nSPS) is 10.2. The van der Waals surface area contributed by atoms with Crippen LogP contribution in [0.25, 0.3) is 0 Å². The van der Waals surface area contributed by atoms with Gasteiger partial charge in [-0.3, -0.25) is 4.98 Å². The summed E-state index contributed by atoms with van der Waals surface area (Å²) >= 11 is 3.33. The van der Waals surface area contributed by atoms with Crippen molar-refractivity contribution >= 4 is 21.9 Å². The maximum absolute atomic E-state index is 5.15. The third-order valence-corrected chi connectivity index (χ3v) is 2.90. The molecule has 2 aromatic heterocycles. The minimum absolute atomic E-state index is 0.521. The lowest BCUT2D eigenvalue weighted by Gasteiger charge is -2.17. The van der Waals surface area contributed by atoms with E-state index in [1.54, 1.807) is 19.5 Å². The van der Waals surface area contributed by atoms with Crippen LogP contribution in [0.1, 0.15) is 5.69 Å². The molecule has 0 saturated heterocycles. The van der Waals surface area contributed by atoms with Crippen LogP contribution in [0.4, 0.5) is 5.95 Å². The fourth-order valence-corrected chi connectivity index (χ4v) is 1.83. The number of methoxy groups -OCH3 is 1. The molecule has 0 aliphatic rings. The Kier molecular flexibility index (Phi) is 4.09. The summed E-state index contributed by atoms with van der Waals surface area (Å²) in [6.45, 7) is 0.644. The summed E-state index contributed by atoms with van der Waals surface area (Å²) in [5, 5.41) is 0. The molecule has 0 fully saturated rings. The molecule has 94 valence electrons. The SMILES string of the molecule is COc1nc(N(C)Cc2ccccn2)ncc1Br. The summed E-state index contributed by atoms with van der Waals surface area (Å²) in [5.41, 5.74) is 0.963. The summed E-state index contributed by atoms with van der Waals surface area (Å²) in [7, 11) is 3.49. The Labute approximate surface area is 114 Å². The zero-order valence-corrected chi connectivity index (χ0v) is 11.8. The predicted octanol–water partition coefficient (Wildman–Crippen LogP) is 2.28. The Morgan fingerprint density at radius 1 is 1.33 bits per heavy atom. The van der Waals surface area contributed by atoms with Crippen molar-refractivity contribution in [3.05, 3.63) is 40.8 Å². The first-order chi connectivity index (χ1) is 8.70. The molecule has 0 aromatic carbocycles. The van der Waals surface area contributed by atoms with E-state index < -0.39 is 0 Å². The molecular formula is C12H13BrN4O. The molecule has 2 rings (SSSR count). The van der Waals surface area contributed by atoms with Gasteiger partial charge >= 0.3 is 0 Å². The largest absolute Gasteiger partial charge is 0.480 e. The highest BCUT2D eigenvalue weighted by atomic mass is 79.9. The summed E-state index contributed by atoms with van der Waals surface area (Å²) < 4.78 is 5.88. The van der Waals surface area contributed by atoms with Crippen LogP contribution >= 0.6 is 15.9 Å². The number of anilines is 1. The molecule has 0 amide bonds. The van der Waals surface area contributed by atoms with Gasteiger partial charge < -0.3 is 9.64 Å². The Bertz CT molecular complexity index is 521. The molecule has 0 radical (unpaired) electrons. The Morgan fingerprint density at radius 3 is 2.83 bits per heavy atom. The number of hydrogen-bond acceptors (Lipinski definition) is 5. The van der Waals surface area contributed by atoms with Crippen LogP contribution in [0.3, 0.4) is 0 Å². The number of rotatable bonds is 4. The number of pyridine rings is 1. The highest BCUT2D eigenvalue weighted by Gasteiger charge is 2.09. The van der Waals surface area contributed by atoms with Crippen molar-refractivity contribution in [3.63, 3.8) is 0 Å². The van der Waals surface area contributed by atoms with E-state index in [9.17, 15) is 0 Å². The van der Waals surface area contributed by atoms with E-state index in [4.69, 9.17) is 4.74 Å². The maximum Gasteiger partial charge on any atom is 0.232 e. The van der Waals surface area contributed by atoms with E-state index >= 15 is 0 Å². The first kappa shape index (κ1) is 12.8. The summed E-state index contributed by atoms with van der Waals surface area (Å²) in [5.74, 6) is 1.12. The van der Waals surface area contributed by atoms with E-state index in [1.165, 1.54) is 0 Å². The molecular weight excluding hydrogens is 296 g/mol. The number of aromatic nitrogens is 3. The Balaban J connectivity index is 2.16. The van der Waals surface area contributed by atoms with Gasteiger partial charge in [-0.2, -0.15) is 4.98 Å². The average Bonchev–Trinajstić information content (AvgIpc) is 2.40. The van der Waals surface area contributed by atoms with Gasteiger partial charge in [0.1, 0.15) is 0 Å². The van der Waals surface area contributed by atoms with Gasteiger partial charge in [0.05, 0.1) is 30.0 Å². The predicted molar refractivity (Wildman–Crippen MR) is 72.6 cm³/mol. The van der Waals surface area contributed by atoms with Gasteiger partial charge in [-0.15, -0.1) is 0 Å². The minimum atomic E-state index is 0.521. The molecule has 6 heteroatoms. The molecule has 0 aliphatic heterocycles. The lowest BCUT2D eigenvalue weighted by atomic mass is 10.3. The fourth-order valence-electron chi connectivity index (χ4n) is 1.48. The van der Waals surface area contributed by atoms with Crippen molar-refractivity contribution in [1.29, 1.82) is 0 Å². The molecule has 0 saturated carbocycles. The Hall–Kier alpha value is -1.69. The lowest BCUT2D eigenvalue weighted by Crippen LogP contribution is -2.19. The van der Waals surface area contributed by atoms with Crippen LogP contribution in [0.5, 0.6) is 5.88 Å². The molecule has 5 nitrogen and oxygen atoms in total. The molecule has 0 bridgehead atoms. The van der Waals surface area contributed by atoms with Crippen LogP contribution in [-0.2, 0) is 6.54 Å². The maximum atomic E-state index is 5.15. The van der Waals surface area contributed by atoms with Crippen molar-refractivity contribution in [2.75, 3.05) is 19.1 Å². The van der Waals surface area contributed by atoms with Crippen molar-refractivity contribution in [2.24, 2.45) is 0 Å². The number of hydrogen-bond donors (Lipinski definition) is 0. The zero-order valence-electron chi connectivity index (χ0n) is 10.2. The monoisotopic (exact) mass is 308 g/mol. The van der Waals surface area contributed by atoms with E-state index in [-0.39, 0.29) is 0 Å². The molecule has 0 aliphatic carbocycles. The quantitative estimate of drug-likeness (QED) is 0.867. The second-order valence-corrected chi connectivity index (χ2v) is 4.56. The van der Waals surface area contributed by atoms with Crippen molar-refractivity contribution in [3.8, 4) is 5.88 Å². The first-order valence-corrected chi connectivity index (χ1v) is 6.17. The summed E-state index contributed by atoms with van der Waals surface area (Å²) in [4.78, 5) is 14.7. The van der Waals surface area contributed by atoms with Crippen LogP contribution in [0.15, 0.2) is 35.1 Å². The van der Waals surface area contributed by atoms with Gasteiger partial charge in [-0.05, 0) is 28.1 Å². The topological polar surface area (TPSA) is 51.1 Å². The van der Waals surface area contributed by atoms with Crippen molar-refractivity contribution in [2.45, 2.75) is 6.54 Å². The van der Waals surface area contributed by atoms with Gasteiger partial charge in [0.25, 0.3) is 0 Å². The third-order valence-electron chi connectivity index (χ3n) is 2.36. The number of nitrogens with zero attached hydrogens (tertiary/aromatic N) is 4. The fraction of sp³-hybridized carbons (Fsp3) is 0.250. The van der Waals surface area contributed by atoms with Gasteiger partial charge in [0, 0.05) is 13.2 Å². The summed E-state index contributed by atoms with van der Waals surface area (Å²) in [6, 6.07) is 5.81. The molecule has 2 aromatic rings. The highest BCUT2D eigenvalue weighted by Crippen LogP contribution is 2.23. The lowest BCUT2D eigenvalue weighted by molar-refractivity contribution is 0.394. The number of halogens is 1. The minimum Gasteiger partial charge on any atom is -0.480 e. The molecule has 0 N–H and O–H groups in total. The number of ether oxygens (including phenoxy) is 1. The van der Waals surface area contributed by atoms with Gasteiger partial charge in [-0.25, -0.2) is 4.98 Å². The van der Waals surface area contributed by atoms with Crippen LogP contribution < -0.4 is 9.64 Å². The van der Waals surface area contributed by atoms with Gasteiger partial charge in [0.15, 0.2) is 0 Å². The molecule has 0 unspecified atom stereocenters. The summed E-state index contributed by atoms with van der Waals surface area (Å²) in [6.07, 6.45) is 3.45. The second-order valence-electron chi connectivity index (χ2n) is 3.70. The third kappa shape index (κ3) is 2.95. The smallest absolute Gasteiger partial charge is 0.232 e.